The third kappa shape index (κ3) is 3.58. The number of nitrogens with zero attached hydrogens (tertiary/aromatic N) is 1. The molecule has 2 aliphatic rings. The van der Waals surface area contributed by atoms with Crippen LogP contribution in [-0.4, -0.2) is 16.8 Å². The lowest BCUT2D eigenvalue weighted by molar-refractivity contribution is 0.361. The zero-order valence-corrected chi connectivity index (χ0v) is 17.0. The molecule has 0 aliphatic carbocycles. The summed E-state index contributed by atoms with van der Waals surface area (Å²) >= 11 is 0. The lowest BCUT2D eigenvalue weighted by Crippen LogP contribution is -2.39. The molecule has 28 heavy (non-hydrogen) atoms. The molecular weight excluding hydrogens is 357 g/mol. The molecule has 3 aromatic carbocycles. The fourth-order valence-corrected chi connectivity index (χ4v) is 7.49. The standard InChI is InChI=1S/C26H26NP/c1-4-10-21(11-5-1)18-22-19-23-16-17-24(20-22)27(23)28(25-12-6-2-7-13-25)26-14-8-3-9-15-26/h1-15,19,23-24H,16-18,20H2/t23-,24+/m1/s1. The van der Waals surface area contributed by atoms with E-state index in [0.717, 1.165) is 6.42 Å². The normalized spacial score (nSPS) is 21.7. The molecule has 0 unspecified atom stereocenters. The Morgan fingerprint density at radius 3 is 1.86 bits per heavy atom. The summed E-state index contributed by atoms with van der Waals surface area (Å²) in [7, 11) is -0.475. The van der Waals surface area contributed by atoms with Gasteiger partial charge in [-0.25, -0.2) is 0 Å². The highest BCUT2D eigenvalue weighted by Crippen LogP contribution is 2.50. The van der Waals surface area contributed by atoms with Crippen LogP contribution in [0.15, 0.2) is 103 Å². The summed E-state index contributed by atoms with van der Waals surface area (Å²) in [5.74, 6) is 0. The first kappa shape index (κ1) is 17.9. The van der Waals surface area contributed by atoms with Crippen LogP contribution in [0.3, 0.4) is 0 Å². The summed E-state index contributed by atoms with van der Waals surface area (Å²) in [5, 5.41) is 2.95. The van der Waals surface area contributed by atoms with Crippen LogP contribution in [0.1, 0.15) is 24.8 Å². The highest BCUT2D eigenvalue weighted by Gasteiger charge is 2.41. The Morgan fingerprint density at radius 2 is 1.29 bits per heavy atom. The molecule has 1 saturated heterocycles. The van der Waals surface area contributed by atoms with Gasteiger partial charge in [-0.1, -0.05) is 103 Å². The molecule has 0 radical (unpaired) electrons. The maximum absolute atomic E-state index is 2.86. The van der Waals surface area contributed by atoms with E-state index >= 15 is 0 Å². The van der Waals surface area contributed by atoms with Crippen molar-refractivity contribution < 1.29 is 0 Å². The van der Waals surface area contributed by atoms with E-state index in [4.69, 9.17) is 0 Å². The van der Waals surface area contributed by atoms with Crippen LogP contribution in [0.2, 0.25) is 0 Å². The highest BCUT2D eigenvalue weighted by atomic mass is 31.1. The van der Waals surface area contributed by atoms with Gasteiger partial charge in [-0.05, 0) is 41.9 Å². The quantitative estimate of drug-likeness (QED) is 0.419. The van der Waals surface area contributed by atoms with Crippen molar-refractivity contribution in [2.45, 2.75) is 37.8 Å². The molecule has 0 amide bonds. The Labute approximate surface area is 169 Å². The summed E-state index contributed by atoms with van der Waals surface area (Å²) < 4.78 is 2.86. The van der Waals surface area contributed by atoms with E-state index in [-0.39, 0.29) is 0 Å². The van der Waals surface area contributed by atoms with Gasteiger partial charge in [0.25, 0.3) is 0 Å². The predicted molar refractivity (Wildman–Crippen MR) is 121 cm³/mol. The molecular formula is C26H26NP. The Hall–Kier alpha value is -2.21. The van der Waals surface area contributed by atoms with Crippen molar-refractivity contribution in [3.05, 3.63) is 108 Å². The van der Waals surface area contributed by atoms with E-state index in [1.165, 1.54) is 35.4 Å². The molecule has 0 saturated carbocycles. The molecule has 2 aliphatic heterocycles. The van der Waals surface area contributed by atoms with Gasteiger partial charge >= 0.3 is 0 Å². The number of rotatable bonds is 5. The Balaban J connectivity index is 1.48. The second kappa shape index (κ2) is 8.03. The third-order valence-electron chi connectivity index (χ3n) is 5.94. The van der Waals surface area contributed by atoms with Crippen molar-refractivity contribution in [1.82, 2.24) is 4.67 Å². The second-order valence-electron chi connectivity index (χ2n) is 7.85. The van der Waals surface area contributed by atoms with Crippen LogP contribution >= 0.6 is 8.07 Å². The largest absolute Gasteiger partial charge is 0.265 e. The minimum Gasteiger partial charge on any atom is -0.265 e. The fraction of sp³-hybridized carbons (Fsp3) is 0.231. The van der Waals surface area contributed by atoms with Gasteiger partial charge in [-0.15, -0.1) is 0 Å². The van der Waals surface area contributed by atoms with E-state index in [2.05, 4.69) is 102 Å². The monoisotopic (exact) mass is 383 g/mol. The van der Waals surface area contributed by atoms with E-state index in [1.807, 2.05) is 0 Å². The van der Waals surface area contributed by atoms with E-state index in [9.17, 15) is 0 Å². The second-order valence-corrected chi connectivity index (χ2v) is 9.97. The molecule has 2 bridgehead atoms. The summed E-state index contributed by atoms with van der Waals surface area (Å²) in [6, 6.07) is 34.5. The molecule has 2 heterocycles. The van der Waals surface area contributed by atoms with Crippen molar-refractivity contribution in [3.63, 3.8) is 0 Å². The van der Waals surface area contributed by atoms with Crippen molar-refractivity contribution in [2.75, 3.05) is 0 Å². The van der Waals surface area contributed by atoms with Crippen LogP contribution < -0.4 is 10.6 Å². The Bertz CT molecular complexity index is 896. The zero-order chi connectivity index (χ0) is 18.8. The molecule has 5 rings (SSSR count). The zero-order valence-electron chi connectivity index (χ0n) is 16.1. The van der Waals surface area contributed by atoms with Crippen LogP contribution in [0.5, 0.6) is 0 Å². The van der Waals surface area contributed by atoms with Crippen LogP contribution in [0, 0.1) is 0 Å². The first-order valence-corrected chi connectivity index (χ1v) is 11.6. The fourth-order valence-electron chi connectivity index (χ4n) is 4.75. The average Bonchev–Trinajstić information content (AvgIpc) is 3.00. The first-order valence-electron chi connectivity index (χ1n) is 10.3. The highest BCUT2D eigenvalue weighted by molar-refractivity contribution is 7.70. The minimum atomic E-state index is -0.475. The molecule has 2 heteroatoms. The summed E-state index contributed by atoms with van der Waals surface area (Å²) in [6.45, 7) is 0. The summed E-state index contributed by atoms with van der Waals surface area (Å²) in [6.07, 6.45) is 7.53. The van der Waals surface area contributed by atoms with Crippen LogP contribution in [-0.2, 0) is 6.42 Å². The molecule has 140 valence electrons. The molecule has 3 aromatic rings. The smallest absolute Gasteiger partial charge is 0.0327 e. The topological polar surface area (TPSA) is 3.24 Å². The van der Waals surface area contributed by atoms with E-state index in [0.29, 0.717) is 12.1 Å². The van der Waals surface area contributed by atoms with Crippen LogP contribution in [0.25, 0.3) is 0 Å². The van der Waals surface area contributed by atoms with Gasteiger partial charge in [0.1, 0.15) is 0 Å². The maximum atomic E-state index is 2.86. The number of benzene rings is 3. The minimum absolute atomic E-state index is 0.475. The van der Waals surface area contributed by atoms with Gasteiger partial charge in [0.05, 0.1) is 0 Å². The summed E-state index contributed by atoms with van der Waals surface area (Å²) in [5.41, 5.74) is 3.07. The molecule has 0 aromatic heterocycles. The van der Waals surface area contributed by atoms with E-state index < -0.39 is 8.07 Å². The summed E-state index contributed by atoms with van der Waals surface area (Å²) in [4.78, 5) is 0. The van der Waals surface area contributed by atoms with Gasteiger partial charge in [-0.3, -0.25) is 4.67 Å². The third-order valence-corrected chi connectivity index (χ3v) is 8.60. The molecule has 0 N–H and O–H groups in total. The molecule has 0 spiro atoms. The van der Waals surface area contributed by atoms with Crippen LogP contribution in [0.4, 0.5) is 0 Å². The van der Waals surface area contributed by atoms with E-state index in [1.54, 1.807) is 5.57 Å². The Morgan fingerprint density at radius 1 is 0.714 bits per heavy atom. The molecule has 2 atom stereocenters. The van der Waals surface area contributed by atoms with Gasteiger partial charge in [0.2, 0.25) is 0 Å². The van der Waals surface area contributed by atoms with Gasteiger partial charge < -0.3 is 0 Å². The maximum Gasteiger partial charge on any atom is 0.0327 e. The average molecular weight is 383 g/mol. The lowest BCUT2D eigenvalue weighted by Gasteiger charge is -2.40. The molecule has 1 nitrogen and oxygen atoms in total. The SMILES string of the molecule is C1=C(Cc2ccccc2)C[C@@H]2CC[C@H]1N2P(c1ccccc1)c1ccccc1. The van der Waals surface area contributed by atoms with Crippen molar-refractivity contribution in [2.24, 2.45) is 0 Å². The van der Waals surface area contributed by atoms with Gasteiger partial charge in [0, 0.05) is 20.2 Å². The predicted octanol–water partition coefficient (Wildman–Crippen LogP) is 5.44. The number of hydrogen-bond donors (Lipinski definition) is 0. The number of hydrogen-bond acceptors (Lipinski definition) is 1. The van der Waals surface area contributed by atoms with Gasteiger partial charge in [0.15, 0.2) is 0 Å². The van der Waals surface area contributed by atoms with Crippen molar-refractivity contribution in [1.29, 1.82) is 0 Å². The first-order chi connectivity index (χ1) is 13.9. The molecule has 1 fully saturated rings. The number of fused-ring (bicyclic) bond motifs is 2. The van der Waals surface area contributed by atoms with Crippen molar-refractivity contribution in [3.8, 4) is 0 Å². The van der Waals surface area contributed by atoms with Crippen molar-refractivity contribution >= 4 is 18.7 Å². The van der Waals surface area contributed by atoms with Gasteiger partial charge in [-0.2, -0.15) is 0 Å². The lowest BCUT2D eigenvalue weighted by atomic mass is 9.96. The Kier molecular flexibility index (Phi) is 5.12.